The first-order valence-corrected chi connectivity index (χ1v) is 10.2. The van der Waals surface area contributed by atoms with Gasteiger partial charge in [0.25, 0.3) is 5.91 Å². The predicted molar refractivity (Wildman–Crippen MR) is 106 cm³/mol. The first-order chi connectivity index (χ1) is 13.5. The summed E-state index contributed by atoms with van der Waals surface area (Å²) >= 11 is 1.45. The molecule has 2 aromatic rings. The van der Waals surface area contributed by atoms with E-state index in [0.717, 1.165) is 31.1 Å². The van der Waals surface area contributed by atoms with Gasteiger partial charge in [0.15, 0.2) is 16.8 Å². The maximum atomic E-state index is 14.9. The van der Waals surface area contributed by atoms with E-state index in [1.807, 2.05) is 0 Å². The van der Waals surface area contributed by atoms with Gasteiger partial charge in [0.1, 0.15) is 5.69 Å². The molecule has 0 saturated heterocycles. The lowest BCUT2D eigenvalue weighted by atomic mass is 9.69. The van der Waals surface area contributed by atoms with Crippen molar-refractivity contribution >= 4 is 28.5 Å². The molecule has 8 heteroatoms. The molecule has 0 unspecified atom stereocenters. The molecule has 0 spiro atoms. The fourth-order valence-corrected chi connectivity index (χ4v) is 5.14. The highest BCUT2D eigenvalue weighted by Crippen LogP contribution is 2.50. The average Bonchev–Trinajstić information content (AvgIpc) is 2.70. The second kappa shape index (κ2) is 7.50. The van der Waals surface area contributed by atoms with E-state index in [1.54, 1.807) is 18.2 Å². The molecular formula is C20H20F2N4OS. The van der Waals surface area contributed by atoms with E-state index in [9.17, 15) is 13.6 Å². The Morgan fingerprint density at radius 3 is 2.93 bits per heavy atom. The molecule has 1 fully saturated rings. The van der Waals surface area contributed by atoms with Crippen molar-refractivity contribution in [3.05, 3.63) is 59.4 Å². The van der Waals surface area contributed by atoms with Crippen molar-refractivity contribution < 1.29 is 13.6 Å². The molecule has 2 aliphatic rings. The second-order valence-corrected chi connectivity index (χ2v) is 8.16. The van der Waals surface area contributed by atoms with Crippen molar-refractivity contribution in [2.75, 3.05) is 11.1 Å². The average molecular weight is 402 g/mol. The normalized spacial score (nSPS) is 24.2. The molecule has 1 aromatic carbocycles. The number of hydrogen-bond donors (Lipinski definition) is 2. The summed E-state index contributed by atoms with van der Waals surface area (Å²) in [6, 6.07) is 7.40. The van der Waals surface area contributed by atoms with Crippen LogP contribution in [0.5, 0.6) is 0 Å². The summed E-state index contributed by atoms with van der Waals surface area (Å²) in [6.45, 7) is 0. The number of aromatic nitrogens is 1. The summed E-state index contributed by atoms with van der Waals surface area (Å²) in [7, 11) is 0. The highest BCUT2D eigenvalue weighted by Gasteiger charge is 2.46. The van der Waals surface area contributed by atoms with E-state index in [0.29, 0.717) is 11.6 Å². The number of rotatable bonds is 3. The highest BCUT2D eigenvalue weighted by molar-refractivity contribution is 8.13. The molecule has 1 aromatic heterocycles. The Hall–Kier alpha value is -2.48. The summed E-state index contributed by atoms with van der Waals surface area (Å²) < 4.78 is 29.4. The quantitative estimate of drug-likeness (QED) is 0.811. The number of thioether (sulfide) groups is 1. The number of anilines is 1. The maximum absolute atomic E-state index is 14.9. The molecule has 5 nitrogen and oxygen atoms in total. The van der Waals surface area contributed by atoms with Gasteiger partial charge < -0.3 is 11.1 Å². The number of pyridine rings is 1. The zero-order valence-corrected chi connectivity index (χ0v) is 15.9. The van der Waals surface area contributed by atoms with Gasteiger partial charge >= 0.3 is 0 Å². The van der Waals surface area contributed by atoms with Crippen LogP contribution in [0.2, 0.25) is 0 Å². The van der Waals surface area contributed by atoms with E-state index in [1.165, 1.54) is 24.0 Å². The molecule has 28 heavy (non-hydrogen) atoms. The van der Waals surface area contributed by atoms with Gasteiger partial charge in [-0.1, -0.05) is 30.7 Å². The Morgan fingerprint density at radius 1 is 1.29 bits per heavy atom. The minimum atomic E-state index is -1.01. The summed E-state index contributed by atoms with van der Waals surface area (Å²) in [5, 5.41) is 3.01. The molecule has 4 rings (SSSR count). The van der Waals surface area contributed by atoms with E-state index in [-0.39, 0.29) is 22.9 Å². The molecular weight excluding hydrogens is 382 g/mol. The fraction of sp³-hybridized carbons (Fsp3) is 0.350. The number of nitrogens with zero attached hydrogens (tertiary/aromatic N) is 2. The van der Waals surface area contributed by atoms with Crippen molar-refractivity contribution in [2.24, 2.45) is 16.6 Å². The van der Waals surface area contributed by atoms with Gasteiger partial charge in [-0.15, -0.1) is 0 Å². The lowest BCUT2D eigenvalue weighted by molar-refractivity contribution is 0.102. The van der Waals surface area contributed by atoms with Gasteiger partial charge in [0.05, 0.1) is 5.54 Å². The third-order valence-corrected chi connectivity index (χ3v) is 6.38. The highest BCUT2D eigenvalue weighted by atomic mass is 32.2. The van der Waals surface area contributed by atoms with Crippen molar-refractivity contribution in [2.45, 2.75) is 31.2 Å². The molecule has 1 aliphatic heterocycles. The molecule has 0 radical (unpaired) electrons. The van der Waals surface area contributed by atoms with Crippen LogP contribution < -0.4 is 11.1 Å². The Labute approximate surface area is 165 Å². The van der Waals surface area contributed by atoms with Gasteiger partial charge in [-0.2, -0.15) is 0 Å². The van der Waals surface area contributed by atoms with Crippen LogP contribution in [0, 0.1) is 17.6 Å². The van der Waals surface area contributed by atoms with Gasteiger partial charge in [-0.25, -0.2) is 8.78 Å². The van der Waals surface area contributed by atoms with Crippen LogP contribution in [-0.4, -0.2) is 21.8 Å². The van der Waals surface area contributed by atoms with E-state index in [4.69, 9.17) is 5.73 Å². The first kappa shape index (κ1) is 18.9. The number of carbonyl (C=O) groups is 1. The van der Waals surface area contributed by atoms with Crippen LogP contribution in [0.25, 0.3) is 0 Å². The summed E-state index contributed by atoms with van der Waals surface area (Å²) in [5.41, 5.74) is 5.61. The van der Waals surface area contributed by atoms with Crippen molar-refractivity contribution in [3.8, 4) is 0 Å². The Morgan fingerprint density at radius 2 is 2.14 bits per heavy atom. The molecule has 1 saturated carbocycles. The number of benzene rings is 1. The Balaban J connectivity index is 1.75. The standard InChI is InChI=1S/C20H20F2N4OS/c21-15-10-13(25-18(27)16-6-2-4-8-24-16)9-14(17(15)22)20-7-3-1-5-12(20)11-28-19(23)26-20/h2,4,6,8-10,12H,1,3,5,7,11H2,(H2,23,26)(H,25,27)/t12-,20-/m1/s1. The summed E-state index contributed by atoms with van der Waals surface area (Å²) in [5.74, 6) is -1.63. The molecule has 1 aliphatic carbocycles. The van der Waals surface area contributed by atoms with Crippen LogP contribution in [0.1, 0.15) is 41.7 Å². The monoisotopic (exact) mass is 402 g/mol. The number of amidine groups is 1. The smallest absolute Gasteiger partial charge is 0.274 e. The third kappa shape index (κ3) is 3.37. The number of amides is 1. The van der Waals surface area contributed by atoms with E-state index < -0.39 is 23.1 Å². The number of halogens is 2. The Kier molecular flexibility index (Phi) is 5.05. The zero-order valence-electron chi connectivity index (χ0n) is 15.1. The van der Waals surface area contributed by atoms with Gasteiger partial charge in [-0.3, -0.25) is 14.8 Å². The lowest BCUT2D eigenvalue weighted by Crippen LogP contribution is -2.43. The number of hydrogen-bond acceptors (Lipinski definition) is 5. The van der Waals surface area contributed by atoms with Crippen molar-refractivity contribution in [3.63, 3.8) is 0 Å². The molecule has 146 valence electrons. The Bertz CT molecular complexity index is 937. The van der Waals surface area contributed by atoms with Gasteiger partial charge in [-0.05, 0) is 37.0 Å². The number of carbonyl (C=O) groups excluding carboxylic acids is 1. The predicted octanol–water partition coefficient (Wildman–Crippen LogP) is 4.06. The third-order valence-electron chi connectivity index (χ3n) is 5.43. The molecule has 1 amide bonds. The van der Waals surface area contributed by atoms with Crippen LogP contribution in [0.4, 0.5) is 14.5 Å². The molecule has 2 atom stereocenters. The SMILES string of the molecule is NC1=N[C@]2(c3cc(NC(=O)c4ccccn4)cc(F)c3F)CCCC[C@@H]2CS1. The van der Waals surface area contributed by atoms with E-state index in [2.05, 4.69) is 15.3 Å². The molecule has 3 N–H and O–H groups in total. The molecule has 2 heterocycles. The topological polar surface area (TPSA) is 80.4 Å². The summed E-state index contributed by atoms with van der Waals surface area (Å²) in [4.78, 5) is 21.0. The van der Waals surface area contributed by atoms with Gasteiger partial charge in [0.2, 0.25) is 0 Å². The maximum Gasteiger partial charge on any atom is 0.274 e. The largest absolute Gasteiger partial charge is 0.379 e. The zero-order chi connectivity index (χ0) is 19.7. The minimum Gasteiger partial charge on any atom is -0.379 e. The fourth-order valence-electron chi connectivity index (χ4n) is 4.09. The molecule has 0 bridgehead atoms. The number of fused-ring (bicyclic) bond motifs is 1. The second-order valence-electron chi connectivity index (χ2n) is 7.12. The van der Waals surface area contributed by atoms with Crippen molar-refractivity contribution in [1.82, 2.24) is 4.98 Å². The number of nitrogens with two attached hydrogens (primary N) is 1. The first-order valence-electron chi connectivity index (χ1n) is 9.19. The van der Waals surface area contributed by atoms with Gasteiger partial charge in [0, 0.05) is 29.3 Å². The summed E-state index contributed by atoms with van der Waals surface area (Å²) in [6.07, 6.45) is 4.88. The minimum absolute atomic E-state index is 0.0780. The lowest BCUT2D eigenvalue weighted by Gasteiger charge is -2.44. The van der Waals surface area contributed by atoms with Crippen LogP contribution in [0.15, 0.2) is 41.5 Å². The number of aliphatic imine (C=N–C) groups is 1. The van der Waals surface area contributed by atoms with Crippen LogP contribution in [-0.2, 0) is 5.54 Å². The van der Waals surface area contributed by atoms with Crippen LogP contribution >= 0.6 is 11.8 Å². The number of nitrogens with one attached hydrogen (secondary N) is 1. The van der Waals surface area contributed by atoms with Crippen LogP contribution in [0.3, 0.4) is 0 Å². The van der Waals surface area contributed by atoms with E-state index >= 15 is 0 Å². The van der Waals surface area contributed by atoms with Crippen molar-refractivity contribution in [1.29, 1.82) is 0 Å².